The van der Waals surface area contributed by atoms with Crippen molar-refractivity contribution in [2.24, 2.45) is 0 Å². The molecule has 0 saturated carbocycles. The van der Waals surface area contributed by atoms with E-state index in [4.69, 9.17) is 5.73 Å². The zero-order valence-corrected chi connectivity index (χ0v) is 10.3. The molecule has 1 aromatic carbocycles. The maximum Gasteiger partial charge on any atom is 0.125 e. The number of rotatable bonds is 1. The first kappa shape index (κ1) is 10.3. The standard InChI is InChI=1S/C14H12N2S/c1-9-3-2-4-10(5-9)11-6-12-13(15)8-17-14(12)16-7-11/h2-8H,15H2,1H3. The summed E-state index contributed by atoms with van der Waals surface area (Å²) in [6.45, 7) is 2.09. The average molecular weight is 240 g/mol. The molecule has 3 heteroatoms. The van der Waals surface area contributed by atoms with Crippen molar-refractivity contribution >= 4 is 27.2 Å². The fourth-order valence-corrected chi connectivity index (χ4v) is 2.70. The van der Waals surface area contributed by atoms with Crippen molar-refractivity contribution in [2.45, 2.75) is 6.92 Å². The molecule has 0 radical (unpaired) electrons. The summed E-state index contributed by atoms with van der Waals surface area (Å²) in [5.41, 5.74) is 10.3. The van der Waals surface area contributed by atoms with Crippen molar-refractivity contribution in [1.82, 2.24) is 4.98 Å². The Bertz CT molecular complexity index is 686. The van der Waals surface area contributed by atoms with Gasteiger partial charge in [0.15, 0.2) is 0 Å². The molecule has 17 heavy (non-hydrogen) atoms. The summed E-state index contributed by atoms with van der Waals surface area (Å²) in [6.07, 6.45) is 1.91. The van der Waals surface area contributed by atoms with E-state index in [9.17, 15) is 0 Å². The Labute approximate surface area is 104 Å². The van der Waals surface area contributed by atoms with E-state index in [0.717, 1.165) is 21.5 Å². The topological polar surface area (TPSA) is 38.9 Å². The number of thiophene rings is 1. The minimum absolute atomic E-state index is 0.812. The molecule has 0 unspecified atom stereocenters. The fourth-order valence-electron chi connectivity index (χ4n) is 1.92. The van der Waals surface area contributed by atoms with Crippen LogP contribution < -0.4 is 5.73 Å². The predicted molar refractivity (Wildman–Crippen MR) is 74.2 cm³/mol. The van der Waals surface area contributed by atoms with Gasteiger partial charge in [0.05, 0.1) is 5.69 Å². The van der Waals surface area contributed by atoms with Crippen LogP contribution in [0.3, 0.4) is 0 Å². The Kier molecular flexibility index (Phi) is 2.34. The molecule has 0 fully saturated rings. The Morgan fingerprint density at radius 3 is 2.88 bits per heavy atom. The number of hydrogen-bond acceptors (Lipinski definition) is 3. The molecule has 0 aliphatic carbocycles. The summed E-state index contributed by atoms with van der Waals surface area (Å²) in [5, 5.41) is 2.99. The van der Waals surface area contributed by atoms with Crippen molar-refractivity contribution in [1.29, 1.82) is 0 Å². The van der Waals surface area contributed by atoms with Gasteiger partial charge in [0, 0.05) is 22.5 Å². The summed E-state index contributed by atoms with van der Waals surface area (Å²) < 4.78 is 0. The van der Waals surface area contributed by atoms with Crippen LogP contribution in [0.5, 0.6) is 0 Å². The first-order chi connectivity index (χ1) is 8.24. The molecule has 3 aromatic rings. The summed E-state index contributed by atoms with van der Waals surface area (Å²) >= 11 is 1.58. The molecule has 0 atom stereocenters. The van der Waals surface area contributed by atoms with E-state index in [0.29, 0.717) is 0 Å². The van der Waals surface area contributed by atoms with Crippen LogP contribution in [0, 0.1) is 6.92 Å². The van der Waals surface area contributed by atoms with Gasteiger partial charge in [-0.05, 0) is 18.6 Å². The lowest BCUT2D eigenvalue weighted by Gasteiger charge is -2.03. The highest BCUT2D eigenvalue weighted by molar-refractivity contribution is 7.17. The third-order valence-electron chi connectivity index (χ3n) is 2.81. The molecule has 3 rings (SSSR count). The van der Waals surface area contributed by atoms with Gasteiger partial charge in [0.2, 0.25) is 0 Å². The van der Waals surface area contributed by atoms with Crippen LogP contribution in [0.1, 0.15) is 5.56 Å². The van der Waals surface area contributed by atoms with E-state index < -0.39 is 0 Å². The second-order valence-electron chi connectivity index (χ2n) is 4.14. The molecule has 2 aromatic heterocycles. The second kappa shape index (κ2) is 3.86. The van der Waals surface area contributed by atoms with Crippen LogP contribution in [-0.4, -0.2) is 4.98 Å². The number of nitrogens with zero attached hydrogens (tertiary/aromatic N) is 1. The van der Waals surface area contributed by atoms with Gasteiger partial charge in [-0.15, -0.1) is 11.3 Å². The Hall–Kier alpha value is -1.87. The van der Waals surface area contributed by atoms with E-state index in [-0.39, 0.29) is 0 Å². The largest absolute Gasteiger partial charge is 0.398 e. The number of anilines is 1. The van der Waals surface area contributed by atoms with Gasteiger partial charge in [-0.1, -0.05) is 29.8 Å². The van der Waals surface area contributed by atoms with Crippen LogP contribution in [-0.2, 0) is 0 Å². The highest BCUT2D eigenvalue weighted by Crippen LogP contribution is 2.30. The minimum Gasteiger partial charge on any atom is -0.398 e. The van der Waals surface area contributed by atoms with Crippen molar-refractivity contribution in [3.05, 3.63) is 47.5 Å². The van der Waals surface area contributed by atoms with Gasteiger partial charge in [-0.3, -0.25) is 0 Å². The van der Waals surface area contributed by atoms with Gasteiger partial charge in [-0.25, -0.2) is 4.98 Å². The summed E-state index contributed by atoms with van der Waals surface area (Å²) in [5.74, 6) is 0. The van der Waals surface area contributed by atoms with E-state index in [2.05, 4.69) is 42.2 Å². The van der Waals surface area contributed by atoms with Crippen LogP contribution in [0.2, 0.25) is 0 Å². The van der Waals surface area contributed by atoms with Gasteiger partial charge in [0.25, 0.3) is 0 Å². The highest BCUT2D eigenvalue weighted by atomic mass is 32.1. The van der Waals surface area contributed by atoms with E-state index in [1.807, 2.05) is 11.6 Å². The van der Waals surface area contributed by atoms with Crippen molar-refractivity contribution in [2.75, 3.05) is 5.73 Å². The molecule has 84 valence electrons. The monoisotopic (exact) mass is 240 g/mol. The fraction of sp³-hybridized carbons (Fsp3) is 0.0714. The number of benzene rings is 1. The Morgan fingerprint density at radius 2 is 2.06 bits per heavy atom. The lowest BCUT2D eigenvalue weighted by Crippen LogP contribution is -1.84. The molecule has 0 spiro atoms. The third-order valence-corrected chi connectivity index (χ3v) is 3.73. The highest BCUT2D eigenvalue weighted by Gasteiger charge is 2.05. The van der Waals surface area contributed by atoms with Crippen LogP contribution in [0.25, 0.3) is 21.3 Å². The van der Waals surface area contributed by atoms with Gasteiger partial charge < -0.3 is 5.73 Å². The van der Waals surface area contributed by atoms with E-state index >= 15 is 0 Å². The quantitative estimate of drug-likeness (QED) is 0.701. The number of aryl methyl sites for hydroxylation is 1. The summed E-state index contributed by atoms with van der Waals surface area (Å²) in [7, 11) is 0. The molecule has 2 heterocycles. The molecular formula is C14H12N2S. The molecule has 2 nitrogen and oxygen atoms in total. The normalized spacial score (nSPS) is 10.9. The van der Waals surface area contributed by atoms with Crippen molar-refractivity contribution in [3.63, 3.8) is 0 Å². The Balaban J connectivity index is 2.20. The predicted octanol–water partition coefficient (Wildman–Crippen LogP) is 3.85. The number of nitrogen functional groups attached to an aromatic ring is 1. The number of fused-ring (bicyclic) bond motifs is 1. The zero-order chi connectivity index (χ0) is 11.8. The van der Waals surface area contributed by atoms with Crippen LogP contribution in [0.15, 0.2) is 41.9 Å². The first-order valence-corrected chi connectivity index (χ1v) is 6.32. The molecular weight excluding hydrogens is 228 g/mol. The van der Waals surface area contributed by atoms with E-state index in [1.165, 1.54) is 11.1 Å². The molecule has 0 amide bonds. The maximum absolute atomic E-state index is 5.92. The van der Waals surface area contributed by atoms with Crippen LogP contribution in [0.4, 0.5) is 5.69 Å². The smallest absolute Gasteiger partial charge is 0.125 e. The van der Waals surface area contributed by atoms with Crippen molar-refractivity contribution < 1.29 is 0 Å². The SMILES string of the molecule is Cc1cccc(-c2cnc3scc(N)c3c2)c1. The number of nitrogens with two attached hydrogens (primary N) is 1. The number of pyridine rings is 1. The molecule has 0 aliphatic heterocycles. The molecule has 0 saturated heterocycles. The second-order valence-corrected chi connectivity index (χ2v) is 5.00. The molecule has 0 bridgehead atoms. The van der Waals surface area contributed by atoms with Gasteiger partial charge >= 0.3 is 0 Å². The Morgan fingerprint density at radius 1 is 1.18 bits per heavy atom. The number of hydrogen-bond donors (Lipinski definition) is 1. The van der Waals surface area contributed by atoms with E-state index in [1.54, 1.807) is 11.3 Å². The molecule has 2 N–H and O–H groups in total. The lowest BCUT2D eigenvalue weighted by molar-refractivity contribution is 1.42. The average Bonchev–Trinajstić information content (AvgIpc) is 2.71. The first-order valence-electron chi connectivity index (χ1n) is 5.44. The lowest BCUT2D eigenvalue weighted by atomic mass is 10.0. The summed E-state index contributed by atoms with van der Waals surface area (Å²) in [6, 6.07) is 10.5. The zero-order valence-electron chi connectivity index (χ0n) is 9.47. The summed E-state index contributed by atoms with van der Waals surface area (Å²) in [4.78, 5) is 5.45. The molecule has 0 aliphatic rings. The van der Waals surface area contributed by atoms with Gasteiger partial charge in [-0.2, -0.15) is 0 Å². The number of aromatic nitrogens is 1. The van der Waals surface area contributed by atoms with Gasteiger partial charge in [0.1, 0.15) is 4.83 Å². The minimum atomic E-state index is 0.812. The van der Waals surface area contributed by atoms with Crippen molar-refractivity contribution in [3.8, 4) is 11.1 Å². The maximum atomic E-state index is 5.92. The van der Waals surface area contributed by atoms with Crippen LogP contribution >= 0.6 is 11.3 Å². The third kappa shape index (κ3) is 1.78.